The van der Waals surface area contributed by atoms with E-state index in [1.54, 1.807) is 35.2 Å². The van der Waals surface area contributed by atoms with Gasteiger partial charge in [-0.25, -0.2) is 4.57 Å². The van der Waals surface area contributed by atoms with Crippen molar-refractivity contribution in [2.45, 2.75) is 0 Å². The third-order valence-electron chi connectivity index (χ3n) is 2.38. The third kappa shape index (κ3) is 1.50. The average molecular weight is 223 g/mol. The molecule has 80 valence electrons. The molecular weight excluding hydrogens is 216 g/mol. The largest absolute Gasteiger partial charge is 0.349 e. The number of fused-ring (bicyclic) bond motifs is 1. The predicted molar refractivity (Wildman–Crippen MR) is 57.0 cm³/mol. The van der Waals surface area contributed by atoms with Crippen LogP contribution in [0.4, 0.5) is 0 Å². The molecule has 0 aliphatic carbocycles. The van der Waals surface area contributed by atoms with Crippen molar-refractivity contribution in [2.75, 3.05) is 0 Å². The lowest BCUT2D eigenvalue weighted by Gasteiger charge is -1.97. The van der Waals surface area contributed by atoms with Crippen LogP contribution < -0.4 is 4.57 Å². The van der Waals surface area contributed by atoms with E-state index in [0.29, 0.717) is 11.3 Å². The zero-order chi connectivity index (χ0) is 11.7. The highest BCUT2D eigenvalue weighted by molar-refractivity contribution is 5.30. The van der Waals surface area contributed by atoms with Gasteiger partial charge >= 0.3 is 11.6 Å². The van der Waals surface area contributed by atoms with E-state index in [0.717, 1.165) is 5.82 Å². The second kappa shape index (κ2) is 3.64. The molecule has 17 heavy (non-hydrogen) atoms. The molecule has 0 fully saturated rings. The van der Waals surface area contributed by atoms with Crippen molar-refractivity contribution in [3.05, 3.63) is 48.7 Å². The summed E-state index contributed by atoms with van der Waals surface area (Å²) in [6, 6.07) is 7.38. The SMILES string of the molecule is N#Cc1cc[n+](-c2ccnc3ncnn23)cc1. The summed E-state index contributed by atoms with van der Waals surface area (Å²) in [5, 5.41) is 12.8. The summed E-state index contributed by atoms with van der Waals surface area (Å²) in [6.07, 6.45) is 6.73. The van der Waals surface area contributed by atoms with Gasteiger partial charge in [-0.3, -0.25) is 0 Å². The molecule has 0 radical (unpaired) electrons. The summed E-state index contributed by atoms with van der Waals surface area (Å²) in [5.41, 5.74) is 0.616. The smallest absolute Gasteiger partial charge is 0.204 e. The van der Waals surface area contributed by atoms with Gasteiger partial charge in [0.25, 0.3) is 0 Å². The fraction of sp³-hybridized carbons (Fsp3) is 0. The molecule has 0 aliphatic rings. The maximum absolute atomic E-state index is 8.74. The molecule has 6 nitrogen and oxygen atoms in total. The van der Waals surface area contributed by atoms with Crippen molar-refractivity contribution in [3.8, 4) is 11.9 Å². The van der Waals surface area contributed by atoms with Crippen molar-refractivity contribution in [1.82, 2.24) is 19.6 Å². The van der Waals surface area contributed by atoms with E-state index in [1.165, 1.54) is 6.33 Å². The molecule has 0 aliphatic heterocycles. The summed E-state index contributed by atoms with van der Waals surface area (Å²) in [4.78, 5) is 8.10. The second-order valence-corrected chi connectivity index (χ2v) is 3.38. The van der Waals surface area contributed by atoms with Crippen molar-refractivity contribution >= 4 is 5.78 Å². The van der Waals surface area contributed by atoms with Gasteiger partial charge in [-0.15, -0.1) is 0 Å². The number of rotatable bonds is 1. The van der Waals surface area contributed by atoms with Gasteiger partial charge in [0.15, 0.2) is 6.33 Å². The average Bonchev–Trinajstić information content (AvgIpc) is 2.87. The lowest BCUT2D eigenvalue weighted by atomic mass is 10.3. The van der Waals surface area contributed by atoms with Crippen LogP contribution in [-0.2, 0) is 0 Å². The molecule has 3 rings (SSSR count). The Balaban J connectivity index is 2.20. The van der Waals surface area contributed by atoms with Gasteiger partial charge in [0.2, 0.25) is 0 Å². The van der Waals surface area contributed by atoms with E-state index in [2.05, 4.69) is 21.1 Å². The van der Waals surface area contributed by atoms with Crippen LogP contribution in [0.15, 0.2) is 43.1 Å². The highest BCUT2D eigenvalue weighted by Gasteiger charge is 2.13. The van der Waals surface area contributed by atoms with E-state index < -0.39 is 0 Å². The Hall–Kier alpha value is -2.81. The highest BCUT2D eigenvalue weighted by Crippen LogP contribution is 2.00. The number of hydrogen-bond donors (Lipinski definition) is 0. The van der Waals surface area contributed by atoms with E-state index in [-0.39, 0.29) is 0 Å². The first-order valence-electron chi connectivity index (χ1n) is 4.95. The van der Waals surface area contributed by atoms with Crippen LogP contribution in [0.25, 0.3) is 11.6 Å². The van der Waals surface area contributed by atoms with Crippen molar-refractivity contribution in [1.29, 1.82) is 5.26 Å². The van der Waals surface area contributed by atoms with Crippen LogP contribution in [0.3, 0.4) is 0 Å². The maximum atomic E-state index is 8.74. The second-order valence-electron chi connectivity index (χ2n) is 3.38. The van der Waals surface area contributed by atoms with Gasteiger partial charge in [-0.1, -0.05) is 9.61 Å². The minimum Gasteiger partial charge on any atom is -0.204 e. The van der Waals surface area contributed by atoms with Crippen molar-refractivity contribution in [3.63, 3.8) is 0 Å². The Morgan fingerprint density at radius 2 is 2.00 bits per heavy atom. The molecule has 0 amide bonds. The first-order chi connectivity index (χ1) is 8.38. The molecule has 0 unspecified atom stereocenters. The van der Waals surface area contributed by atoms with Gasteiger partial charge in [-0.05, 0) is 12.1 Å². The van der Waals surface area contributed by atoms with E-state index in [4.69, 9.17) is 5.26 Å². The Labute approximate surface area is 96.4 Å². The fourth-order valence-corrected chi connectivity index (χ4v) is 1.58. The van der Waals surface area contributed by atoms with Crippen molar-refractivity contribution < 1.29 is 4.57 Å². The molecule has 0 aromatic carbocycles. The van der Waals surface area contributed by atoms with Gasteiger partial charge in [-0.2, -0.15) is 15.2 Å². The Kier molecular flexibility index (Phi) is 2.02. The van der Waals surface area contributed by atoms with Crippen LogP contribution in [0, 0.1) is 11.3 Å². The number of nitriles is 1. The lowest BCUT2D eigenvalue weighted by molar-refractivity contribution is -0.600. The molecule has 0 saturated heterocycles. The highest BCUT2D eigenvalue weighted by atomic mass is 15.4. The number of nitrogens with zero attached hydrogens (tertiary/aromatic N) is 6. The molecule has 3 heterocycles. The molecule has 0 saturated carbocycles. The molecule has 3 aromatic rings. The third-order valence-corrected chi connectivity index (χ3v) is 2.38. The number of aromatic nitrogens is 5. The number of hydrogen-bond acceptors (Lipinski definition) is 4. The maximum Gasteiger partial charge on any atom is 0.349 e. The molecule has 3 aromatic heterocycles. The fourth-order valence-electron chi connectivity index (χ4n) is 1.58. The van der Waals surface area contributed by atoms with E-state index in [9.17, 15) is 0 Å². The van der Waals surface area contributed by atoms with Gasteiger partial charge in [0.05, 0.1) is 24.0 Å². The molecule has 0 spiro atoms. The minimum atomic E-state index is 0.541. The van der Waals surface area contributed by atoms with E-state index in [1.807, 2.05) is 10.6 Å². The Morgan fingerprint density at radius 1 is 1.18 bits per heavy atom. The standard InChI is InChI=1S/C11H7N6/c12-7-9-2-5-16(6-3-9)10-1-4-13-11-14-8-15-17(10)11/h1-6,8H/q+1. The van der Waals surface area contributed by atoms with Crippen LogP contribution in [0.5, 0.6) is 0 Å². The van der Waals surface area contributed by atoms with Gasteiger partial charge < -0.3 is 0 Å². The monoisotopic (exact) mass is 223 g/mol. The quantitative estimate of drug-likeness (QED) is 0.555. The minimum absolute atomic E-state index is 0.541. The summed E-state index contributed by atoms with van der Waals surface area (Å²) >= 11 is 0. The summed E-state index contributed by atoms with van der Waals surface area (Å²) in [6.45, 7) is 0. The predicted octanol–water partition coefficient (Wildman–Crippen LogP) is 0.273. The van der Waals surface area contributed by atoms with Gasteiger partial charge in [0.1, 0.15) is 0 Å². The first-order valence-corrected chi connectivity index (χ1v) is 4.95. The molecule has 0 atom stereocenters. The summed E-state index contributed by atoms with van der Waals surface area (Å²) in [5.74, 6) is 1.36. The van der Waals surface area contributed by atoms with E-state index >= 15 is 0 Å². The lowest BCUT2D eigenvalue weighted by Crippen LogP contribution is -2.32. The molecular formula is C11H7N6+. The van der Waals surface area contributed by atoms with Crippen LogP contribution in [-0.4, -0.2) is 19.6 Å². The van der Waals surface area contributed by atoms with Crippen LogP contribution in [0.1, 0.15) is 5.56 Å². The Morgan fingerprint density at radius 3 is 2.76 bits per heavy atom. The Bertz CT molecular complexity index is 707. The van der Waals surface area contributed by atoms with Crippen molar-refractivity contribution in [2.24, 2.45) is 0 Å². The van der Waals surface area contributed by atoms with Gasteiger partial charge in [0, 0.05) is 12.3 Å². The zero-order valence-electron chi connectivity index (χ0n) is 8.72. The normalized spacial score (nSPS) is 10.3. The van der Waals surface area contributed by atoms with Crippen LogP contribution in [0.2, 0.25) is 0 Å². The van der Waals surface area contributed by atoms with Crippen LogP contribution >= 0.6 is 0 Å². The molecule has 6 heteroatoms. The summed E-state index contributed by atoms with van der Waals surface area (Å²) in [7, 11) is 0. The number of pyridine rings is 1. The molecule has 0 bridgehead atoms. The first kappa shape index (κ1) is 9.42. The topological polar surface area (TPSA) is 70.8 Å². The molecule has 0 N–H and O–H groups in total. The zero-order valence-corrected chi connectivity index (χ0v) is 8.72. The summed E-state index contributed by atoms with van der Waals surface area (Å²) < 4.78 is 3.48.